The Labute approximate surface area is 128 Å². The Balaban J connectivity index is 2.11. The first-order valence-corrected chi connectivity index (χ1v) is 8.23. The monoisotopic (exact) mass is 291 g/mol. The van der Waals surface area contributed by atoms with Crippen molar-refractivity contribution in [3.8, 4) is 5.75 Å². The third kappa shape index (κ3) is 7.16. The van der Waals surface area contributed by atoms with E-state index >= 15 is 0 Å². The zero-order chi connectivity index (χ0) is 15.5. The largest absolute Gasteiger partial charge is 0.507 e. The summed E-state index contributed by atoms with van der Waals surface area (Å²) >= 11 is 0. The lowest BCUT2D eigenvalue weighted by Gasteiger charge is -2.07. The highest BCUT2D eigenvalue weighted by Gasteiger charge is 2.09. The summed E-state index contributed by atoms with van der Waals surface area (Å²) in [4.78, 5) is 11.9. The number of nitrogens with one attached hydrogen (secondary N) is 1. The fourth-order valence-corrected chi connectivity index (χ4v) is 2.39. The molecule has 1 aromatic carbocycles. The fourth-order valence-electron chi connectivity index (χ4n) is 2.39. The standard InChI is InChI=1S/C18H29NO2/c1-3-4-5-6-7-8-9-10-13-19-18(21)16-12-11-15(2)14-17(16)20/h11-12,14,20H,3-10,13H2,1-2H3,(H,19,21). The average Bonchev–Trinajstić information content (AvgIpc) is 2.45. The Hall–Kier alpha value is -1.51. The topological polar surface area (TPSA) is 49.3 Å². The predicted octanol–water partition coefficient (Wildman–Crippen LogP) is 4.57. The van der Waals surface area contributed by atoms with E-state index in [4.69, 9.17) is 0 Å². The minimum Gasteiger partial charge on any atom is -0.507 e. The highest BCUT2D eigenvalue weighted by Crippen LogP contribution is 2.18. The van der Waals surface area contributed by atoms with E-state index in [0.717, 1.165) is 18.4 Å². The Morgan fingerprint density at radius 3 is 2.29 bits per heavy atom. The molecule has 0 saturated heterocycles. The number of benzene rings is 1. The molecule has 0 saturated carbocycles. The van der Waals surface area contributed by atoms with Gasteiger partial charge in [-0.15, -0.1) is 0 Å². The zero-order valence-corrected chi connectivity index (χ0v) is 13.5. The molecule has 3 nitrogen and oxygen atoms in total. The Kier molecular flexibility index (Phi) is 8.56. The molecule has 0 bridgehead atoms. The van der Waals surface area contributed by atoms with E-state index in [1.54, 1.807) is 12.1 Å². The molecule has 1 aromatic rings. The molecule has 1 amide bonds. The first-order valence-electron chi connectivity index (χ1n) is 8.23. The van der Waals surface area contributed by atoms with Crippen molar-refractivity contribution in [3.63, 3.8) is 0 Å². The van der Waals surface area contributed by atoms with E-state index in [1.807, 2.05) is 13.0 Å². The lowest BCUT2D eigenvalue weighted by Crippen LogP contribution is -2.24. The molecule has 0 aromatic heterocycles. The van der Waals surface area contributed by atoms with Gasteiger partial charge in [0, 0.05) is 6.54 Å². The van der Waals surface area contributed by atoms with Crippen LogP contribution in [0, 0.1) is 6.92 Å². The Bertz CT molecular complexity index is 429. The van der Waals surface area contributed by atoms with Gasteiger partial charge in [0.1, 0.15) is 5.75 Å². The van der Waals surface area contributed by atoms with Gasteiger partial charge in [-0.05, 0) is 31.0 Å². The predicted molar refractivity (Wildman–Crippen MR) is 87.8 cm³/mol. The number of carbonyl (C=O) groups excluding carboxylic acids is 1. The third-order valence-corrected chi connectivity index (χ3v) is 3.71. The number of carbonyl (C=O) groups is 1. The van der Waals surface area contributed by atoms with E-state index in [1.165, 1.54) is 38.5 Å². The van der Waals surface area contributed by atoms with Crippen molar-refractivity contribution in [2.45, 2.75) is 65.2 Å². The summed E-state index contributed by atoms with van der Waals surface area (Å²) in [5, 5.41) is 12.6. The number of hydrogen-bond donors (Lipinski definition) is 2. The van der Waals surface area contributed by atoms with Gasteiger partial charge in [-0.1, -0.05) is 57.9 Å². The summed E-state index contributed by atoms with van der Waals surface area (Å²) in [6.45, 7) is 4.80. The highest BCUT2D eigenvalue weighted by molar-refractivity contribution is 5.96. The van der Waals surface area contributed by atoms with E-state index in [-0.39, 0.29) is 11.7 Å². The van der Waals surface area contributed by atoms with Crippen LogP contribution < -0.4 is 5.32 Å². The molecular weight excluding hydrogens is 262 g/mol. The molecule has 0 aliphatic carbocycles. The van der Waals surface area contributed by atoms with Crippen LogP contribution in [0.4, 0.5) is 0 Å². The van der Waals surface area contributed by atoms with Crippen molar-refractivity contribution in [2.24, 2.45) is 0 Å². The quantitative estimate of drug-likeness (QED) is 0.620. The average molecular weight is 291 g/mol. The summed E-state index contributed by atoms with van der Waals surface area (Å²) in [7, 11) is 0. The number of amides is 1. The first-order chi connectivity index (χ1) is 10.1. The van der Waals surface area contributed by atoms with E-state index in [0.29, 0.717) is 12.1 Å². The molecule has 0 radical (unpaired) electrons. The van der Waals surface area contributed by atoms with Crippen LogP contribution in [0.5, 0.6) is 5.75 Å². The van der Waals surface area contributed by atoms with Gasteiger partial charge in [0.15, 0.2) is 0 Å². The molecule has 0 aliphatic heterocycles. The summed E-state index contributed by atoms with van der Waals surface area (Å²) in [5.74, 6) is -0.126. The van der Waals surface area contributed by atoms with Crippen LogP contribution in [-0.2, 0) is 0 Å². The Morgan fingerprint density at radius 1 is 1.05 bits per heavy atom. The zero-order valence-electron chi connectivity index (χ0n) is 13.5. The van der Waals surface area contributed by atoms with Crippen LogP contribution in [0.1, 0.15) is 74.2 Å². The van der Waals surface area contributed by atoms with Crippen LogP contribution in [0.3, 0.4) is 0 Å². The third-order valence-electron chi connectivity index (χ3n) is 3.71. The van der Waals surface area contributed by atoms with Crippen LogP contribution in [0.15, 0.2) is 18.2 Å². The van der Waals surface area contributed by atoms with Crippen molar-refractivity contribution < 1.29 is 9.90 Å². The summed E-state index contributed by atoms with van der Waals surface area (Å²) < 4.78 is 0. The molecule has 0 fully saturated rings. The smallest absolute Gasteiger partial charge is 0.255 e. The highest BCUT2D eigenvalue weighted by atomic mass is 16.3. The summed E-state index contributed by atoms with van der Waals surface area (Å²) in [5.41, 5.74) is 1.31. The molecule has 0 unspecified atom stereocenters. The van der Waals surface area contributed by atoms with Gasteiger partial charge >= 0.3 is 0 Å². The van der Waals surface area contributed by atoms with Gasteiger partial charge in [0.05, 0.1) is 5.56 Å². The van der Waals surface area contributed by atoms with Crippen LogP contribution in [0.25, 0.3) is 0 Å². The number of hydrogen-bond acceptors (Lipinski definition) is 2. The van der Waals surface area contributed by atoms with Crippen LogP contribution in [-0.4, -0.2) is 17.6 Å². The summed E-state index contributed by atoms with van der Waals surface area (Å²) in [6, 6.07) is 5.13. The van der Waals surface area contributed by atoms with Crippen LogP contribution in [0.2, 0.25) is 0 Å². The first kappa shape index (κ1) is 17.5. The number of unbranched alkanes of at least 4 members (excludes halogenated alkanes) is 7. The molecule has 1 rings (SSSR count). The van der Waals surface area contributed by atoms with Crippen molar-refractivity contribution in [2.75, 3.05) is 6.54 Å². The summed E-state index contributed by atoms with van der Waals surface area (Å²) in [6.07, 6.45) is 10.0. The maximum absolute atomic E-state index is 11.9. The van der Waals surface area contributed by atoms with E-state index in [9.17, 15) is 9.90 Å². The van der Waals surface area contributed by atoms with Crippen molar-refractivity contribution in [1.29, 1.82) is 0 Å². The van der Waals surface area contributed by atoms with Gasteiger partial charge in [-0.3, -0.25) is 4.79 Å². The number of aromatic hydroxyl groups is 1. The van der Waals surface area contributed by atoms with Gasteiger partial charge in [-0.2, -0.15) is 0 Å². The molecule has 0 aliphatic rings. The SMILES string of the molecule is CCCCCCCCCCNC(=O)c1ccc(C)cc1O. The minimum absolute atomic E-state index is 0.0587. The number of phenols is 1. The van der Waals surface area contributed by atoms with E-state index < -0.39 is 0 Å². The van der Waals surface area contributed by atoms with Gasteiger partial charge < -0.3 is 10.4 Å². The second-order valence-corrected chi connectivity index (χ2v) is 5.75. The fraction of sp³-hybridized carbons (Fsp3) is 0.611. The maximum Gasteiger partial charge on any atom is 0.255 e. The molecule has 3 heteroatoms. The molecule has 2 N–H and O–H groups in total. The van der Waals surface area contributed by atoms with Gasteiger partial charge in [0.25, 0.3) is 5.91 Å². The minimum atomic E-state index is -0.185. The number of rotatable bonds is 10. The van der Waals surface area contributed by atoms with Crippen LogP contribution >= 0.6 is 0 Å². The molecule has 21 heavy (non-hydrogen) atoms. The lowest BCUT2D eigenvalue weighted by molar-refractivity contribution is 0.0950. The van der Waals surface area contributed by atoms with E-state index in [2.05, 4.69) is 12.2 Å². The normalized spacial score (nSPS) is 10.6. The molecule has 0 spiro atoms. The number of aryl methyl sites for hydroxylation is 1. The lowest BCUT2D eigenvalue weighted by atomic mass is 10.1. The molecule has 0 heterocycles. The number of phenolic OH excluding ortho intramolecular Hbond substituents is 1. The second-order valence-electron chi connectivity index (χ2n) is 5.75. The van der Waals surface area contributed by atoms with Gasteiger partial charge in [-0.25, -0.2) is 0 Å². The molecular formula is C18H29NO2. The van der Waals surface area contributed by atoms with Crippen molar-refractivity contribution in [3.05, 3.63) is 29.3 Å². The second kappa shape index (κ2) is 10.3. The molecule has 118 valence electrons. The van der Waals surface area contributed by atoms with Crippen molar-refractivity contribution in [1.82, 2.24) is 5.32 Å². The van der Waals surface area contributed by atoms with Gasteiger partial charge in [0.2, 0.25) is 0 Å². The maximum atomic E-state index is 11.9. The Morgan fingerprint density at radius 2 is 1.67 bits per heavy atom. The molecule has 0 atom stereocenters. The van der Waals surface area contributed by atoms with Crippen molar-refractivity contribution >= 4 is 5.91 Å².